The SMILES string of the molecule is CC(Nc1nc(N2CCOCC2)c2cnn(-c3ccc(Cl)cc3)c2n1)c1ccccc1. The molecule has 8 heteroatoms. The quantitative estimate of drug-likeness (QED) is 0.499. The molecule has 1 aliphatic rings. The number of rotatable bonds is 5. The van der Waals surface area contributed by atoms with Crippen molar-refractivity contribution in [3.8, 4) is 5.69 Å². The first-order valence-electron chi connectivity index (χ1n) is 10.3. The number of nitrogens with one attached hydrogen (secondary N) is 1. The van der Waals surface area contributed by atoms with Gasteiger partial charge >= 0.3 is 0 Å². The van der Waals surface area contributed by atoms with Crippen molar-refractivity contribution in [2.75, 3.05) is 36.5 Å². The van der Waals surface area contributed by atoms with Gasteiger partial charge in [0.25, 0.3) is 0 Å². The average molecular weight is 435 g/mol. The smallest absolute Gasteiger partial charge is 0.227 e. The van der Waals surface area contributed by atoms with E-state index in [2.05, 4.69) is 34.4 Å². The summed E-state index contributed by atoms with van der Waals surface area (Å²) in [6, 6.07) is 17.9. The molecule has 3 heterocycles. The minimum absolute atomic E-state index is 0.0584. The van der Waals surface area contributed by atoms with Crippen molar-refractivity contribution in [1.29, 1.82) is 0 Å². The number of hydrogen-bond donors (Lipinski definition) is 1. The number of morpholine rings is 1. The van der Waals surface area contributed by atoms with E-state index >= 15 is 0 Å². The maximum Gasteiger partial charge on any atom is 0.227 e. The van der Waals surface area contributed by atoms with Gasteiger partial charge in [0, 0.05) is 18.1 Å². The molecular weight excluding hydrogens is 412 g/mol. The van der Waals surface area contributed by atoms with E-state index in [4.69, 9.17) is 26.3 Å². The molecule has 0 aliphatic carbocycles. The van der Waals surface area contributed by atoms with Crippen LogP contribution >= 0.6 is 11.6 Å². The molecule has 4 aromatic rings. The second-order valence-electron chi connectivity index (χ2n) is 7.52. The van der Waals surface area contributed by atoms with Gasteiger partial charge in [-0.25, -0.2) is 4.68 Å². The number of halogens is 1. The van der Waals surface area contributed by atoms with Crippen LogP contribution in [0.5, 0.6) is 0 Å². The maximum absolute atomic E-state index is 6.08. The maximum atomic E-state index is 6.08. The summed E-state index contributed by atoms with van der Waals surface area (Å²) in [5.41, 5.74) is 2.82. The molecular formula is C23H23ClN6O. The first-order valence-corrected chi connectivity index (χ1v) is 10.7. The fourth-order valence-electron chi connectivity index (χ4n) is 3.76. The van der Waals surface area contributed by atoms with E-state index in [0.29, 0.717) is 24.2 Å². The minimum atomic E-state index is 0.0584. The lowest BCUT2D eigenvalue weighted by molar-refractivity contribution is 0.122. The molecule has 1 unspecified atom stereocenters. The highest BCUT2D eigenvalue weighted by Gasteiger charge is 2.21. The van der Waals surface area contributed by atoms with Crippen LogP contribution in [0.4, 0.5) is 11.8 Å². The Labute approximate surface area is 185 Å². The first-order chi connectivity index (χ1) is 15.2. The van der Waals surface area contributed by atoms with Crippen molar-refractivity contribution in [3.05, 3.63) is 71.4 Å². The van der Waals surface area contributed by atoms with Crippen molar-refractivity contribution in [1.82, 2.24) is 19.7 Å². The molecule has 5 rings (SSSR count). The molecule has 0 spiro atoms. The zero-order valence-electron chi connectivity index (χ0n) is 17.2. The fraction of sp³-hybridized carbons (Fsp3) is 0.261. The third-order valence-corrected chi connectivity index (χ3v) is 5.69. The summed E-state index contributed by atoms with van der Waals surface area (Å²) >= 11 is 6.08. The number of anilines is 2. The summed E-state index contributed by atoms with van der Waals surface area (Å²) in [7, 11) is 0. The molecule has 1 fully saturated rings. The van der Waals surface area contributed by atoms with Crippen LogP contribution in [0.15, 0.2) is 60.8 Å². The van der Waals surface area contributed by atoms with Crippen LogP contribution in [0.2, 0.25) is 5.02 Å². The normalized spacial score (nSPS) is 15.2. The number of benzene rings is 2. The van der Waals surface area contributed by atoms with Gasteiger partial charge in [-0.1, -0.05) is 41.9 Å². The number of aromatic nitrogens is 4. The molecule has 1 saturated heterocycles. The number of nitrogens with zero attached hydrogens (tertiary/aromatic N) is 5. The first kappa shape index (κ1) is 19.8. The Kier molecular flexibility index (Phi) is 5.44. The average Bonchev–Trinajstić information content (AvgIpc) is 3.24. The van der Waals surface area contributed by atoms with Gasteiger partial charge in [-0.2, -0.15) is 15.1 Å². The molecule has 0 bridgehead atoms. The van der Waals surface area contributed by atoms with Gasteiger partial charge in [0.15, 0.2) is 5.65 Å². The van der Waals surface area contributed by atoms with Gasteiger partial charge in [-0.15, -0.1) is 0 Å². The Morgan fingerprint density at radius 2 is 1.74 bits per heavy atom. The molecule has 31 heavy (non-hydrogen) atoms. The van der Waals surface area contributed by atoms with Crippen LogP contribution in [-0.4, -0.2) is 46.1 Å². The van der Waals surface area contributed by atoms with Crippen molar-refractivity contribution in [2.45, 2.75) is 13.0 Å². The second-order valence-corrected chi connectivity index (χ2v) is 7.95. The van der Waals surface area contributed by atoms with Crippen LogP contribution in [0.25, 0.3) is 16.7 Å². The predicted molar refractivity (Wildman–Crippen MR) is 123 cm³/mol. The summed E-state index contributed by atoms with van der Waals surface area (Å²) in [6.07, 6.45) is 1.83. The van der Waals surface area contributed by atoms with Gasteiger partial charge in [-0.3, -0.25) is 0 Å². The van der Waals surface area contributed by atoms with E-state index in [1.807, 2.05) is 53.3 Å². The van der Waals surface area contributed by atoms with Crippen LogP contribution in [0.1, 0.15) is 18.5 Å². The van der Waals surface area contributed by atoms with E-state index in [9.17, 15) is 0 Å². The summed E-state index contributed by atoms with van der Waals surface area (Å²) in [6.45, 7) is 5.03. The highest BCUT2D eigenvalue weighted by molar-refractivity contribution is 6.30. The molecule has 1 N–H and O–H groups in total. The topological polar surface area (TPSA) is 68.1 Å². The Bertz CT molecular complexity index is 1170. The molecule has 1 atom stereocenters. The third kappa shape index (κ3) is 4.06. The Morgan fingerprint density at radius 1 is 1.00 bits per heavy atom. The second kappa shape index (κ2) is 8.53. The Morgan fingerprint density at radius 3 is 2.48 bits per heavy atom. The molecule has 0 amide bonds. The van der Waals surface area contributed by atoms with E-state index in [1.165, 1.54) is 5.56 Å². The van der Waals surface area contributed by atoms with Crippen molar-refractivity contribution in [3.63, 3.8) is 0 Å². The van der Waals surface area contributed by atoms with Crippen LogP contribution in [0.3, 0.4) is 0 Å². The highest BCUT2D eigenvalue weighted by atomic mass is 35.5. The van der Waals surface area contributed by atoms with Crippen LogP contribution in [0, 0.1) is 0 Å². The van der Waals surface area contributed by atoms with E-state index < -0.39 is 0 Å². The van der Waals surface area contributed by atoms with Gasteiger partial charge < -0.3 is 15.0 Å². The zero-order chi connectivity index (χ0) is 21.2. The van der Waals surface area contributed by atoms with Gasteiger partial charge in [0.2, 0.25) is 5.95 Å². The lowest BCUT2D eigenvalue weighted by Gasteiger charge is -2.28. The Balaban J connectivity index is 1.59. The predicted octanol–water partition coefficient (Wildman–Crippen LogP) is 4.48. The number of fused-ring (bicyclic) bond motifs is 1. The van der Waals surface area contributed by atoms with Gasteiger partial charge in [0.05, 0.1) is 36.5 Å². The van der Waals surface area contributed by atoms with Crippen LogP contribution < -0.4 is 10.2 Å². The minimum Gasteiger partial charge on any atom is -0.378 e. The molecule has 2 aromatic carbocycles. The summed E-state index contributed by atoms with van der Waals surface area (Å²) in [5, 5.41) is 9.67. The molecule has 158 valence electrons. The van der Waals surface area contributed by atoms with E-state index in [0.717, 1.165) is 35.6 Å². The Hall–Kier alpha value is -3.16. The van der Waals surface area contributed by atoms with Crippen LogP contribution in [-0.2, 0) is 4.74 Å². The molecule has 2 aromatic heterocycles. The van der Waals surface area contributed by atoms with Gasteiger partial charge in [0.1, 0.15) is 5.82 Å². The zero-order valence-corrected chi connectivity index (χ0v) is 18.0. The monoisotopic (exact) mass is 434 g/mol. The largest absolute Gasteiger partial charge is 0.378 e. The van der Waals surface area contributed by atoms with E-state index in [1.54, 1.807) is 0 Å². The molecule has 0 saturated carbocycles. The van der Waals surface area contributed by atoms with E-state index in [-0.39, 0.29) is 6.04 Å². The fourth-order valence-corrected chi connectivity index (χ4v) is 3.89. The van der Waals surface area contributed by atoms with Crippen molar-refractivity contribution in [2.24, 2.45) is 0 Å². The third-order valence-electron chi connectivity index (χ3n) is 5.44. The molecule has 0 radical (unpaired) electrons. The number of ether oxygens (including phenoxy) is 1. The lowest BCUT2D eigenvalue weighted by atomic mass is 10.1. The standard InChI is InChI=1S/C23H23ClN6O/c1-16(17-5-3-2-4-6-17)26-23-27-21(29-11-13-31-14-12-29)20-15-25-30(22(20)28-23)19-9-7-18(24)8-10-19/h2-10,15-16H,11-14H2,1H3,(H,26,27,28). The number of hydrogen-bond acceptors (Lipinski definition) is 6. The van der Waals surface area contributed by atoms with Crippen molar-refractivity contribution >= 4 is 34.4 Å². The summed E-state index contributed by atoms with van der Waals surface area (Å²) in [4.78, 5) is 12.0. The van der Waals surface area contributed by atoms with Gasteiger partial charge in [-0.05, 0) is 36.8 Å². The molecule has 1 aliphatic heterocycles. The van der Waals surface area contributed by atoms with Crippen molar-refractivity contribution < 1.29 is 4.74 Å². The summed E-state index contributed by atoms with van der Waals surface area (Å²) < 4.78 is 7.37. The highest BCUT2D eigenvalue weighted by Crippen LogP contribution is 2.29. The summed E-state index contributed by atoms with van der Waals surface area (Å²) in [5.74, 6) is 1.44. The molecule has 7 nitrogen and oxygen atoms in total. The lowest BCUT2D eigenvalue weighted by Crippen LogP contribution is -2.37.